The quantitative estimate of drug-likeness (QED) is 0.565. The summed E-state index contributed by atoms with van der Waals surface area (Å²) in [6.07, 6.45) is 2.45. The molecule has 0 heterocycles. The van der Waals surface area contributed by atoms with Crippen molar-refractivity contribution in [2.24, 2.45) is 0 Å². The number of hydrogen-bond donors (Lipinski definition) is 1. The van der Waals surface area contributed by atoms with Gasteiger partial charge in [-0.3, -0.25) is 0 Å². The summed E-state index contributed by atoms with van der Waals surface area (Å²) < 4.78 is 6.01. The molecule has 0 unspecified atom stereocenters. The Morgan fingerprint density at radius 1 is 1.43 bits per heavy atom. The van der Waals surface area contributed by atoms with Gasteiger partial charge in [-0.15, -0.1) is 6.58 Å². The molecule has 0 aromatic carbocycles. The lowest BCUT2D eigenvalue weighted by Crippen LogP contribution is -2.44. The van der Waals surface area contributed by atoms with Crippen molar-refractivity contribution in [1.82, 2.24) is 0 Å². The molecule has 0 fully saturated rings. The van der Waals surface area contributed by atoms with Crippen molar-refractivity contribution in [3.05, 3.63) is 12.7 Å². The highest BCUT2D eigenvalue weighted by Gasteiger charge is 2.38. The smallest absolute Gasteiger partial charge is 0.192 e. The molecule has 0 aliphatic rings. The molecule has 0 saturated heterocycles. The third-order valence-corrected chi connectivity index (χ3v) is 7.44. The van der Waals surface area contributed by atoms with Gasteiger partial charge in [0.15, 0.2) is 8.32 Å². The average Bonchev–Trinajstić information content (AvgIpc) is 2.01. The van der Waals surface area contributed by atoms with Crippen LogP contribution in [0, 0.1) is 0 Å². The molecule has 0 spiro atoms. The Kier molecular flexibility index (Phi) is 5.05. The molecule has 3 heteroatoms. The topological polar surface area (TPSA) is 29.5 Å². The van der Waals surface area contributed by atoms with E-state index in [1.54, 1.807) is 6.08 Å². The van der Waals surface area contributed by atoms with Crippen molar-refractivity contribution in [2.75, 3.05) is 6.61 Å². The molecule has 0 aromatic rings. The molecular formula is C11H24O2Si. The summed E-state index contributed by atoms with van der Waals surface area (Å²) in [5.74, 6) is 0. The minimum Gasteiger partial charge on any atom is -0.411 e. The fourth-order valence-corrected chi connectivity index (χ4v) is 2.30. The van der Waals surface area contributed by atoms with Crippen LogP contribution in [0.25, 0.3) is 0 Å². The second kappa shape index (κ2) is 5.10. The number of rotatable bonds is 5. The van der Waals surface area contributed by atoms with Crippen LogP contribution in [0.1, 0.15) is 27.2 Å². The summed E-state index contributed by atoms with van der Waals surface area (Å²) in [4.78, 5) is 0. The predicted molar refractivity (Wildman–Crippen MR) is 64.0 cm³/mol. The second-order valence-corrected chi connectivity index (χ2v) is 9.96. The van der Waals surface area contributed by atoms with Crippen LogP contribution >= 0.6 is 0 Å². The van der Waals surface area contributed by atoms with Crippen molar-refractivity contribution < 1.29 is 9.53 Å². The minimum absolute atomic E-state index is 0.0756. The summed E-state index contributed by atoms with van der Waals surface area (Å²) in [7, 11) is -1.73. The first-order valence-electron chi connectivity index (χ1n) is 5.14. The Hall–Kier alpha value is -0.123. The Morgan fingerprint density at radius 2 is 1.93 bits per heavy atom. The summed E-state index contributed by atoms with van der Waals surface area (Å²) in [6, 6.07) is 0. The van der Waals surface area contributed by atoms with Crippen molar-refractivity contribution in [1.29, 1.82) is 0 Å². The van der Waals surface area contributed by atoms with Crippen LogP contribution in [-0.2, 0) is 4.43 Å². The summed E-state index contributed by atoms with van der Waals surface area (Å²) in [5.41, 5.74) is 0. The third kappa shape index (κ3) is 3.94. The highest BCUT2D eigenvalue weighted by molar-refractivity contribution is 6.74. The van der Waals surface area contributed by atoms with E-state index in [2.05, 4.69) is 40.4 Å². The lowest BCUT2D eigenvalue weighted by molar-refractivity contribution is 0.105. The van der Waals surface area contributed by atoms with Crippen molar-refractivity contribution in [3.63, 3.8) is 0 Å². The number of aliphatic hydroxyl groups excluding tert-OH is 1. The molecule has 0 amide bonds. The van der Waals surface area contributed by atoms with Crippen LogP contribution in [0.3, 0.4) is 0 Å². The van der Waals surface area contributed by atoms with E-state index in [9.17, 15) is 0 Å². The van der Waals surface area contributed by atoms with Gasteiger partial charge < -0.3 is 9.53 Å². The van der Waals surface area contributed by atoms with Gasteiger partial charge >= 0.3 is 0 Å². The number of aliphatic hydroxyl groups is 1. The van der Waals surface area contributed by atoms with Gasteiger partial charge in [-0.2, -0.15) is 0 Å². The molecular weight excluding hydrogens is 192 g/mol. The molecule has 84 valence electrons. The van der Waals surface area contributed by atoms with E-state index in [4.69, 9.17) is 9.53 Å². The van der Waals surface area contributed by atoms with E-state index < -0.39 is 8.32 Å². The standard InChI is InChI=1S/C11H24O2Si/c1-7-8-10(9-12)13-14(5,6)11(2,3)4/h7,10,12H,1,8-9H2,2-6H3/t10-/m1/s1. The van der Waals surface area contributed by atoms with Crippen LogP contribution in [0.4, 0.5) is 0 Å². The first-order chi connectivity index (χ1) is 6.24. The largest absolute Gasteiger partial charge is 0.411 e. The van der Waals surface area contributed by atoms with Gasteiger partial charge in [0.2, 0.25) is 0 Å². The van der Waals surface area contributed by atoms with Crippen molar-refractivity contribution in [2.45, 2.75) is 51.4 Å². The maximum absolute atomic E-state index is 9.14. The van der Waals surface area contributed by atoms with Gasteiger partial charge in [-0.05, 0) is 24.6 Å². The maximum Gasteiger partial charge on any atom is 0.192 e. The highest BCUT2D eigenvalue weighted by atomic mass is 28.4. The summed E-state index contributed by atoms with van der Waals surface area (Å²) in [6.45, 7) is 14.7. The normalized spacial score (nSPS) is 15.3. The molecule has 1 N–H and O–H groups in total. The number of hydrogen-bond acceptors (Lipinski definition) is 2. The molecule has 0 saturated carbocycles. The van der Waals surface area contributed by atoms with Gasteiger partial charge in [-0.1, -0.05) is 26.8 Å². The monoisotopic (exact) mass is 216 g/mol. The van der Waals surface area contributed by atoms with Crippen LogP contribution < -0.4 is 0 Å². The Bertz CT molecular complexity index is 182. The van der Waals surface area contributed by atoms with E-state index in [0.29, 0.717) is 0 Å². The van der Waals surface area contributed by atoms with Crippen LogP contribution in [0.5, 0.6) is 0 Å². The van der Waals surface area contributed by atoms with Gasteiger partial charge in [0.05, 0.1) is 12.7 Å². The predicted octanol–water partition coefficient (Wildman–Crippen LogP) is 2.95. The van der Waals surface area contributed by atoms with Gasteiger partial charge in [0, 0.05) is 0 Å². The summed E-state index contributed by atoms with van der Waals surface area (Å²) >= 11 is 0. The zero-order valence-corrected chi connectivity index (χ0v) is 11.1. The Balaban J connectivity index is 4.39. The summed E-state index contributed by atoms with van der Waals surface area (Å²) in [5, 5.41) is 9.33. The van der Waals surface area contributed by atoms with E-state index in [0.717, 1.165) is 6.42 Å². The highest BCUT2D eigenvalue weighted by Crippen LogP contribution is 2.37. The second-order valence-electron chi connectivity index (χ2n) is 5.21. The zero-order chi connectivity index (χ0) is 11.4. The first kappa shape index (κ1) is 13.9. The SMILES string of the molecule is C=CC[C@H](CO)O[Si](C)(C)C(C)(C)C. The maximum atomic E-state index is 9.14. The molecule has 0 rings (SSSR count). The fourth-order valence-electron chi connectivity index (χ4n) is 0.939. The molecule has 0 aromatic heterocycles. The average molecular weight is 216 g/mol. The molecule has 1 atom stereocenters. The van der Waals surface area contributed by atoms with E-state index in [1.165, 1.54) is 0 Å². The lowest BCUT2D eigenvalue weighted by atomic mass is 10.2. The van der Waals surface area contributed by atoms with Gasteiger partial charge in [0.1, 0.15) is 0 Å². The first-order valence-corrected chi connectivity index (χ1v) is 8.05. The lowest BCUT2D eigenvalue weighted by Gasteiger charge is -2.38. The zero-order valence-electron chi connectivity index (χ0n) is 10.1. The van der Waals surface area contributed by atoms with Crippen LogP contribution in [0.15, 0.2) is 12.7 Å². The fraction of sp³-hybridized carbons (Fsp3) is 0.818. The van der Waals surface area contributed by atoms with E-state index in [-0.39, 0.29) is 17.7 Å². The molecule has 0 radical (unpaired) electrons. The Labute approximate surface area is 89.1 Å². The van der Waals surface area contributed by atoms with Crippen molar-refractivity contribution >= 4 is 8.32 Å². The Morgan fingerprint density at radius 3 is 2.21 bits per heavy atom. The molecule has 0 aliphatic carbocycles. The third-order valence-electron chi connectivity index (χ3n) is 2.90. The van der Waals surface area contributed by atoms with E-state index >= 15 is 0 Å². The minimum atomic E-state index is -1.73. The van der Waals surface area contributed by atoms with Crippen LogP contribution in [-0.4, -0.2) is 26.1 Å². The van der Waals surface area contributed by atoms with Gasteiger partial charge in [-0.25, -0.2) is 0 Å². The molecule has 14 heavy (non-hydrogen) atoms. The van der Waals surface area contributed by atoms with Crippen LogP contribution in [0.2, 0.25) is 18.1 Å². The van der Waals surface area contributed by atoms with E-state index in [1.807, 2.05) is 0 Å². The molecule has 0 bridgehead atoms. The molecule has 2 nitrogen and oxygen atoms in total. The van der Waals surface area contributed by atoms with Gasteiger partial charge in [0.25, 0.3) is 0 Å². The van der Waals surface area contributed by atoms with Crippen molar-refractivity contribution in [3.8, 4) is 0 Å². The molecule has 0 aliphatic heterocycles.